The molecule has 0 unspecified atom stereocenters. The average molecular weight is 388 g/mol. The van der Waals surface area contributed by atoms with Crippen molar-refractivity contribution in [3.05, 3.63) is 65.7 Å². The highest BCUT2D eigenvalue weighted by Crippen LogP contribution is 2.26. The number of carbonyl (C=O) groups excluding carboxylic acids is 3. The predicted molar refractivity (Wildman–Crippen MR) is 106 cm³/mol. The Labute approximate surface area is 168 Å². The summed E-state index contributed by atoms with van der Waals surface area (Å²) in [5.41, 5.74) is 1.52. The molecule has 4 rings (SSSR count). The number of nitriles is 1. The summed E-state index contributed by atoms with van der Waals surface area (Å²) in [4.78, 5) is 42.6. The topological polar surface area (TPSA) is 84.7 Å². The maximum atomic E-state index is 12.8. The fourth-order valence-corrected chi connectivity index (χ4v) is 3.92. The van der Waals surface area contributed by atoms with Crippen molar-refractivity contribution in [2.24, 2.45) is 0 Å². The summed E-state index contributed by atoms with van der Waals surface area (Å²) < 4.78 is 0. The fourth-order valence-electron chi connectivity index (χ4n) is 3.92. The Balaban J connectivity index is 1.41. The van der Waals surface area contributed by atoms with Gasteiger partial charge in [-0.05, 0) is 43.2 Å². The Bertz CT molecular complexity index is 991. The monoisotopic (exact) mass is 388 g/mol. The number of hydrogen-bond donors (Lipinski definition) is 0. The Morgan fingerprint density at radius 3 is 2.41 bits per heavy atom. The number of benzene rings is 2. The molecule has 0 aliphatic carbocycles. The smallest absolute Gasteiger partial charge is 0.332 e. The van der Waals surface area contributed by atoms with Crippen molar-refractivity contribution in [3.8, 4) is 6.07 Å². The molecular formula is C22H20N4O3. The van der Waals surface area contributed by atoms with Gasteiger partial charge in [0, 0.05) is 24.7 Å². The molecule has 0 saturated carbocycles. The lowest BCUT2D eigenvalue weighted by Crippen LogP contribution is -2.48. The van der Waals surface area contributed by atoms with E-state index in [0.717, 1.165) is 0 Å². The Hall–Kier alpha value is -3.66. The van der Waals surface area contributed by atoms with E-state index in [1.54, 1.807) is 58.3 Å². The quantitative estimate of drug-likeness (QED) is 0.757. The number of para-hydroxylation sites is 1. The van der Waals surface area contributed by atoms with Crippen LogP contribution >= 0.6 is 0 Å². The second kappa shape index (κ2) is 7.76. The van der Waals surface area contributed by atoms with Gasteiger partial charge in [0.15, 0.2) is 0 Å². The number of amides is 4. The number of imide groups is 1. The van der Waals surface area contributed by atoms with Crippen molar-refractivity contribution in [3.63, 3.8) is 0 Å². The van der Waals surface area contributed by atoms with Crippen LogP contribution in [0.4, 0.5) is 10.5 Å². The third-order valence-corrected chi connectivity index (χ3v) is 5.44. The zero-order chi connectivity index (χ0) is 20.4. The summed E-state index contributed by atoms with van der Waals surface area (Å²) in [7, 11) is 0. The first kappa shape index (κ1) is 18.7. The number of nitrogens with zero attached hydrogens (tertiary/aromatic N) is 4. The normalized spacial score (nSPS) is 17.6. The molecule has 0 spiro atoms. The van der Waals surface area contributed by atoms with Crippen LogP contribution in [-0.4, -0.2) is 53.3 Å². The van der Waals surface area contributed by atoms with Crippen LogP contribution in [0.1, 0.15) is 28.8 Å². The third-order valence-electron chi connectivity index (χ3n) is 5.44. The second-order valence-electron chi connectivity index (χ2n) is 7.19. The van der Waals surface area contributed by atoms with Crippen molar-refractivity contribution in [2.75, 3.05) is 24.5 Å². The molecule has 146 valence electrons. The van der Waals surface area contributed by atoms with Gasteiger partial charge in [0.25, 0.3) is 11.8 Å². The summed E-state index contributed by atoms with van der Waals surface area (Å²) in [5, 5.41) is 9.02. The van der Waals surface area contributed by atoms with Gasteiger partial charge in [0.1, 0.15) is 6.54 Å². The van der Waals surface area contributed by atoms with Gasteiger partial charge in [0.05, 0.1) is 17.3 Å². The minimum absolute atomic E-state index is 0.0660. The van der Waals surface area contributed by atoms with Gasteiger partial charge in [0.2, 0.25) is 0 Å². The zero-order valence-electron chi connectivity index (χ0n) is 15.8. The summed E-state index contributed by atoms with van der Waals surface area (Å²) in [5.74, 6) is -0.344. The highest BCUT2D eigenvalue weighted by molar-refractivity contribution is 6.19. The minimum atomic E-state index is -0.298. The standard InChI is InChI=1S/C22H20N4O3/c23-14-16-5-4-6-17(13-16)21(28)24-11-9-18(10-12-24)25-15-20(27)26(22(25)29)19-7-2-1-3-8-19/h1-8,13,18H,9-12,15H2. The molecule has 0 atom stereocenters. The number of carbonyl (C=O) groups is 3. The van der Waals surface area contributed by atoms with E-state index in [0.29, 0.717) is 42.7 Å². The molecule has 0 bridgehead atoms. The summed E-state index contributed by atoms with van der Waals surface area (Å²) in [6, 6.07) is 17.3. The Morgan fingerprint density at radius 2 is 1.72 bits per heavy atom. The lowest BCUT2D eigenvalue weighted by Gasteiger charge is -2.36. The first-order chi connectivity index (χ1) is 14.1. The summed E-state index contributed by atoms with van der Waals surface area (Å²) >= 11 is 0. The second-order valence-corrected chi connectivity index (χ2v) is 7.19. The van der Waals surface area contributed by atoms with Gasteiger partial charge in [-0.1, -0.05) is 24.3 Å². The fraction of sp³-hybridized carbons (Fsp3) is 0.273. The van der Waals surface area contributed by atoms with Crippen LogP contribution in [0.15, 0.2) is 54.6 Å². The van der Waals surface area contributed by atoms with Crippen LogP contribution in [0.3, 0.4) is 0 Å². The number of rotatable bonds is 3. The van der Waals surface area contributed by atoms with Crippen LogP contribution in [0.2, 0.25) is 0 Å². The van der Waals surface area contributed by atoms with E-state index in [9.17, 15) is 14.4 Å². The summed E-state index contributed by atoms with van der Waals surface area (Å²) in [6.45, 7) is 1.07. The first-order valence-corrected chi connectivity index (χ1v) is 9.56. The summed E-state index contributed by atoms with van der Waals surface area (Å²) in [6.07, 6.45) is 1.23. The van der Waals surface area contributed by atoms with Crippen LogP contribution in [0.5, 0.6) is 0 Å². The molecule has 2 aliphatic heterocycles. The number of likely N-dealkylation sites (tertiary alicyclic amines) is 1. The van der Waals surface area contributed by atoms with Crippen molar-refractivity contribution in [2.45, 2.75) is 18.9 Å². The molecule has 2 fully saturated rings. The lowest BCUT2D eigenvalue weighted by molar-refractivity contribution is -0.116. The largest absolute Gasteiger partial charge is 0.338 e. The molecule has 2 saturated heterocycles. The maximum Gasteiger partial charge on any atom is 0.332 e. The molecule has 0 radical (unpaired) electrons. The molecule has 2 heterocycles. The molecule has 29 heavy (non-hydrogen) atoms. The van der Waals surface area contributed by atoms with Crippen LogP contribution in [0, 0.1) is 11.3 Å². The van der Waals surface area contributed by atoms with Gasteiger partial charge < -0.3 is 9.80 Å². The van der Waals surface area contributed by atoms with Crippen molar-refractivity contribution in [1.82, 2.24) is 9.80 Å². The van der Waals surface area contributed by atoms with Gasteiger partial charge in [-0.2, -0.15) is 5.26 Å². The Morgan fingerprint density at radius 1 is 1.00 bits per heavy atom. The molecule has 4 amide bonds. The van der Waals surface area contributed by atoms with Crippen LogP contribution in [0.25, 0.3) is 0 Å². The van der Waals surface area contributed by atoms with Gasteiger partial charge >= 0.3 is 6.03 Å². The van der Waals surface area contributed by atoms with E-state index in [-0.39, 0.29) is 30.4 Å². The lowest BCUT2D eigenvalue weighted by atomic mass is 10.0. The molecule has 7 heteroatoms. The molecular weight excluding hydrogens is 368 g/mol. The minimum Gasteiger partial charge on any atom is -0.338 e. The highest BCUT2D eigenvalue weighted by atomic mass is 16.2. The van der Waals surface area contributed by atoms with E-state index < -0.39 is 0 Å². The molecule has 0 N–H and O–H groups in total. The van der Waals surface area contributed by atoms with Crippen molar-refractivity contribution >= 4 is 23.5 Å². The maximum absolute atomic E-state index is 12.8. The molecule has 2 aromatic rings. The van der Waals surface area contributed by atoms with Gasteiger partial charge in [-0.15, -0.1) is 0 Å². The molecule has 2 aromatic carbocycles. The zero-order valence-corrected chi connectivity index (χ0v) is 15.8. The predicted octanol–water partition coefficient (Wildman–Crippen LogP) is 2.63. The third kappa shape index (κ3) is 3.57. The van der Waals surface area contributed by atoms with E-state index >= 15 is 0 Å². The van der Waals surface area contributed by atoms with Gasteiger partial charge in [-0.25, -0.2) is 9.69 Å². The van der Waals surface area contributed by atoms with Crippen molar-refractivity contribution < 1.29 is 14.4 Å². The van der Waals surface area contributed by atoms with Crippen LogP contribution in [-0.2, 0) is 4.79 Å². The van der Waals surface area contributed by atoms with E-state index in [1.807, 2.05) is 12.1 Å². The molecule has 7 nitrogen and oxygen atoms in total. The SMILES string of the molecule is N#Cc1cccc(C(=O)N2CCC(N3CC(=O)N(c4ccccc4)C3=O)CC2)c1. The molecule has 2 aliphatic rings. The van der Waals surface area contributed by atoms with Crippen molar-refractivity contribution in [1.29, 1.82) is 5.26 Å². The first-order valence-electron chi connectivity index (χ1n) is 9.56. The van der Waals surface area contributed by atoms with Crippen LogP contribution < -0.4 is 4.90 Å². The number of hydrogen-bond acceptors (Lipinski definition) is 4. The van der Waals surface area contributed by atoms with E-state index in [4.69, 9.17) is 5.26 Å². The van der Waals surface area contributed by atoms with E-state index in [1.165, 1.54) is 4.90 Å². The average Bonchev–Trinajstić information content (AvgIpc) is 3.07. The van der Waals surface area contributed by atoms with Gasteiger partial charge in [-0.3, -0.25) is 9.59 Å². The number of urea groups is 1. The highest BCUT2D eigenvalue weighted by Gasteiger charge is 2.41. The number of anilines is 1. The Kier molecular flexibility index (Phi) is 5.00. The number of piperidine rings is 1. The molecule has 0 aromatic heterocycles. The van der Waals surface area contributed by atoms with E-state index in [2.05, 4.69) is 0 Å².